The second-order valence-corrected chi connectivity index (χ2v) is 5.55. The van der Waals surface area contributed by atoms with E-state index in [1.54, 1.807) is 24.3 Å². The van der Waals surface area contributed by atoms with Crippen LogP contribution in [-0.4, -0.2) is 20.5 Å². The van der Waals surface area contributed by atoms with Gasteiger partial charge in [0.15, 0.2) is 11.5 Å². The molecule has 0 aliphatic carbocycles. The molecule has 1 aromatic carbocycles. The predicted molar refractivity (Wildman–Crippen MR) is 51.1 cm³/mol. The van der Waals surface area contributed by atoms with Crippen molar-refractivity contribution in [3.63, 3.8) is 0 Å². The maximum Gasteiger partial charge on any atom is 0.274 e. The topological polar surface area (TPSA) is 52.6 Å². The molecular weight excluding hydrogens is 228 g/mol. The van der Waals surface area contributed by atoms with Crippen LogP contribution < -0.4 is 9.47 Å². The molecule has 14 heavy (non-hydrogen) atoms. The van der Waals surface area contributed by atoms with Crippen LogP contribution in [-0.2, 0) is 9.05 Å². The molecule has 6 heteroatoms. The van der Waals surface area contributed by atoms with E-state index in [0.717, 1.165) is 0 Å². The highest BCUT2D eigenvalue weighted by Crippen LogP contribution is 2.32. The Balaban J connectivity index is 2.30. The summed E-state index contributed by atoms with van der Waals surface area (Å²) in [6, 6.07) is 6.83. The molecule has 0 unspecified atom stereocenters. The average Bonchev–Trinajstić information content (AvgIpc) is 2.16. The third kappa shape index (κ3) is 1.78. The molecule has 1 aliphatic heterocycles. The van der Waals surface area contributed by atoms with Gasteiger partial charge in [0, 0.05) is 10.7 Å². The van der Waals surface area contributed by atoms with Gasteiger partial charge in [0.25, 0.3) is 9.05 Å². The van der Waals surface area contributed by atoms with Gasteiger partial charge in [0.05, 0.1) is 0 Å². The summed E-state index contributed by atoms with van der Waals surface area (Å²) in [7, 11) is 1.40. The molecule has 1 heterocycles. The van der Waals surface area contributed by atoms with Gasteiger partial charge < -0.3 is 9.47 Å². The molecule has 0 spiro atoms. The number of hydrogen-bond acceptors (Lipinski definition) is 4. The molecule has 1 atom stereocenters. The van der Waals surface area contributed by atoms with Gasteiger partial charge in [-0.2, -0.15) is 0 Å². The normalized spacial score (nSPS) is 20.5. The van der Waals surface area contributed by atoms with E-state index < -0.39 is 14.5 Å². The van der Waals surface area contributed by atoms with Crippen molar-refractivity contribution in [3.8, 4) is 11.5 Å². The zero-order valence-electron chi connectivity index (χ0n) is 7.01. The Labute approximate surface area is 85.8 Å². The number of rotatable bonds is 1. The fourth-order valence-electron chi connectivity index (χ4n) is 1.14. The fourth-order valence-corrected chi connectivity index (χ4v) is 1.85. The largest absolute Gasteiger partial charge is 0.485 e. The molecule has 0 N–H and O–H groups in total. The van der Waals surface area contributed by atoms with Crippen LogP contribution in [0.2, 0.25) is 0 Å². The zero-order valence-corrected chi connectivity index (χ0v) is 8.59. The van der Waals surface area contributed by atoms with E-state index in [2.05, 4.69) is 0 Å². The van der Waals surface area contributed by atoms with E-state index in [0.29, 0.717) is 11.5 Å². The summed E-state index contributed by atoms with van der Waals surface area (Å²) < 4.78 is 32.2. The van der Waals surface area contributed by atoms with E-state index in [9.17, 15) is 8.42 Å². The molecule has 1 aliphatic rings. The Kier molecular flexibility index (Phi) is 2.28. The van der Waals surface area contributed by atoms with E-state index >= 15 is 0 Å². The van der Waals surface area contributed by atoms with Crippen molar-refractivity contribution in [2.45, 2.75) is 5.44 Å². The number of para-hydroxylation sites is 2. The fraction of sp³-hybridized carbons (Fsp3) is 0.250. The standard InChI is InChI=1S/C8H7ClO4S/c9-14(10,11)8-5-12-6-3-1-2-4-7(6)13-8/h1-4,8H,5H2/t8-/m0/s1. The van der Waals surface area contributed by atoms with Gasteiger partial charge in [-0.1, -0.05) is 12.1 Å². The van der Waals surface area contributed by atoms with Crippen molar-refractivity contribution in [3.05, 3.63) is 24.3 Å². The first-order valence-electron chi connectivity index (χ1n) is 3.89. The van der Waals surface area contributed by atoms with Gasteiger partial charge >= 0.3 is 0 Å². The molecule has 4 nitrogen and oxygen atoms in total. The first-order chi connectivity index (χ1) is 6.57. The van der Waals surface area contributed by atoms with Crippen LogP contribution in [0.15, 0.2) is 24.3 Å². The molecule has 0 saturated carbocycles. The van der Waals surface area contributed by atoms with Crippen molar-refractivity contribution >= 4 is 19.7 Å². The van der Waals surface area contributed by atoms with Gasteiger partial charge in [0.1, 0.15) is 6.61 Å². The van der Waals surface area contributed by atoms with Crippen molar-refractivity contribution in [1.29, 1.82) is 0 Å². The number of fused-ring (bicyclic) bond motifs is 1. The summed E-state index contributed by atoms with van der Waals surface area (Å²) in [6.07, 6.45) is 0. The van der Waals surface area contributed by atoms with Crippen LogP contribution in [0.25, 0.3) is 0 Å². The molecule has 2 rings (SSSR count). The third-order valence-corrected chi connectivity index (χ3v) is 3.25. The highest BCUT2D eigenvalue weighted by molar-refractivity contribution is 8.14. The highest BCUT2D eigenvalue weighted by Gasteiger charge is 2.30. The van der Waals surface area contributed by atoms with Gasteiger partial charge in [-0.05, 0) is 12.1 Å². The van der Waals surface area contributed by atoms with E-state index in [-0.39, 0.29) is 6.61 Å². The molecular formula is C8H7ClO4S. The lowest BCUT2D eigenvalue weighted by molar-refractivity contribution is 0.143. The van der Waals surface area contributed by atoms with Gasteiger partial charge in [0.2, 0.25) is 5.44 Å². The van der Waals surface area contributed by atoms with Crippen molar-refractivity contribution in [2.75, 3.05) is 6.61 Å². The summed E-state index contributed by atoms with van der Waals surface area (Å²) in [6.45, 7) is -0.0805. The summed E-state index contributed by atoms with van der Waals surface area (Å²) in [5.74, 6) is 0.928. The van der Waals surface area contributed by atoms with Crippen LogP contribution in [0.1, 0.15) is 0 Å². The molecule has 0 fully saturated rings. The summed E-state index contributed by atoms with van der Waals surface area (Å²) in [5, 5.41) is 0. The third-order valence-electron chi connectivity index (χ3n) is 1.80. The summed E-state index contributed by atoms with van der Waals surface area (Å²) in [4.78, 5) is 0. The van der Waals surface area contributed by atoms with Gasteiger partial charge in [-0.3, -0.25) is 0 Å². The summed E-state index contributed by atoms with van der Waals surface area (Å²) in [5.41, 5.74) is -1.13. The monoisotopic (exact) mass is 234 g/mol. The SMILES string of the molecule is O=S(=O)(Cl)[C@H]1COc2ccccc2O1. The quantitative estimate of drug-likeness (QED) is 0.689. The van der Waals surface area contributed by atoms with E-state index in [1.165, 1.54) is 0 Å². The lowest BCUT2D eigenvalue weighted by atomic mass is 10.3. The van der Waals surface area contributed by atoms with Crippen LogP contribution in [0, 0.1) is 0 Å². The molecule has 1 aromatic rings. The number of benzene rings is 1. The molecule has 0 amide bonds. The Morgan fingerprint density at radius 3 is 2.57 bits per heavy atom. The molecule has 76 valence electrons. The van der Waals surface area contributed by atoms with Crippen molar-refractivity contribution < 1.29 is 17.9 Å². The van der Waals surface area contributed by atoms with Crippen molar-refractivity contribution in [2.24, 2.45) is 0 Å². The van der Waals surface area contributed by atoms with Crippen LogP contribution >= 0.6 is 10.7 Å². The Bertz CT molecular complexity index is 442. The zero-order chi connectivity index (χ0) is 10.2. The highest BCUT2D eigenvalue weighted by atomic mass is 35.7. The van der Waals surface area contributed by atoms with Gasteiger partial charge in [-0.15, -0.1) is 0 Å². The smallest absolute Gasteiger partial charge is 0.274 e. The molecule has 0 radical (unpaired) electrons. The number of halogens is 1. The first-order valence-corrected chi connectivity index (χ1v) is 6.26. The number of hydrogen-bond donors (Lipinski definition) is 0. The van der Waals surface area contributed by atoms with Crippen LogP contribution in [0.4, 0.5) is 0 Å². The lowest BCUT2D eigenvalue weighted by Gasteiger charge is -2.23. The minimum atomic E-state index is -3.74. The Morgan fingerprint density at radius 1 is 1.29 bits per heavy atom. The summed E-state index contributed by atoms with van der Waals surface area (Å²) >= 11 is 0. The molecule has 0 bridgehead atoms. The van der Waals surface area contributed by atoms with Crippen LogP contribution in [0.5, 0.6) is 11.5 Å². The predicted octanol–water partition coefficient (Wildman–Crippen LogP) is 1.35. The average molecular weight is 235 g/mol. The molecule has 0 aromatic heterocycles. The van der Waals surface area contributed by atoms with E-state index in [1.807, 2.05) is 0 Å². The maximum atomic E-state index is 11.0. The first kappa shape index (κ1) is 9.61. The van der Waals surface area contributed by atoms with Gasteiger partial charge in [-0.25, -0.2) is 8.42 Å². The van der Waals surface area contributed by atoms with Crippen molar-refractivity contribution in [1.82, 2.24) is 0 Å². The molecule has 0 saturated heterocycles. The Hall–Kier alpha value is -0.940. The van der Waals surface area contributed by atoms with E-state index in [4.69, 9.17) is 20.2 Å². The second kappa shape index (κ2) is 3.33. The number of ether oxygens (including phenoxy) is 2. The minimum absolute atomic E-state index is 0.0805. The van der Waals surface area contributed by atoms with Crippen LogP contribution in [0.3, 0.4) is 0 Å². The minimum Gasteiger partial charge on any atom is -0.485 e. The maximum absolute atomic E-state index is 11.0. The second-order valence-electron chi connectivity index (χ2n) is 2.78. The Morgan fingerprint density at radius 2 is 1.93 bits per heavy atom. The lowest BCUT2D eigenvalue weighted by Crippen LogP contribution is -2.33.